The summed E-state index contributed by atoms with van der Waals surface area (Å²) in [5.74, 6) is 0.678. The van der Waals surface area contributed by atoms with Gasteiger partial charge in [-0.05, 0) is 52.4 Å². The van der Waals surface area contributed by atoms with Crippen LogP contribution in [0.1, 0.15) is 26.4 Å². The second-order valence-corrected chi connectivity index (χ2v) is 8.85. The molecular weight excluding hydrogens is 430 g/mol. The standard InChI is InChI=1S/C27H23N3O2S/c1-19-6-4-10-24(12-19)32-17-20-13-26(33-18-20)27(31)29-23-14-28-30(16-23)15-22-9-5-8-21-7-2-3-11-25(21)22/h2-14,16,18H,15,17H2,1H3,(H,29,31). The summed E-state index contributed by atoms with van der Waals surface area (Å²) in [5, 5.41) is 11.7. The Morgan fingerprint density at radius 3 is 2.82 bits per heavy atom. The highest BCUT2D eigenvalue weighted by Crippen LogP contribution is 2.22. The third-order valence-corrected chi connectivity index (χ3v) is 6.35. The SMILES string of the molecule is Cc1cccc(OCc2csc(C(=O)Nc3cnn(Cc4cccc5ccccc45)c3)c2)c1. The van der Waals surface area contributed by atoms with Gasteiger partial charge in [-0.15, -0.1) is 11.3 Å². The maximum atomic E-state index is 12.7. The minimum absolute atomic E-state index is 0.147. The van der Waals surface area contributed by atoms with Crippen molar-refractivity contribution in [3.05, 3.63) is 112 Å². The molecule has 1 amide bonds. The molecule has 0 saturated carbocycles. The van der Waals surface area contributed by atoms with Crippen molar-refractivity contribution in [1.29, 1.82) is 0 Å². The summed E-state index contributed by atoms with van der Waals surface area (Å²) in [6.45, 7) is 3.09. The van der Waals surface area contributed by atoms with E-state index >= 15 is 0 Å². The van der Waals surface area contributed by atoms with E-state index in [-0.39, 0.29) is 5.91 Å². The summed E-state index contributed by atoms with van der Waals surface area (Å²) in [6.07, 6.45) is 3.54. The highest BCUT2D eigenvalue weighted by Gasteiger charge is 2.12. The number of hydrogen-bond donors (Lipinski definition) is 1. The van der Waals surface area contributed by atoms with E-state index in [0.717, 1.165) is 16.9 Å². The molecule has 2 aromatic heterocycles. The Labute approximate surface area is 196 Å². The number of hydrogen-bond acceptors (Lipinski definition) is 4. The van der Waals surface area contributed by atoms with Gasteiger partial charge in [0.25, 0.3) is 5.91 Å². The first-order valence-corrected chi connectivity index (χ1v) is 11.6. The first-order valence-electron chi connectivity index (χ1n) is 10.7. The fraction of sp³-hybridized carbons (Fsp3) is 0.111. The molecule has 0 atom stereocenters. The predicted octanol–water partition coefficient (Wildman–Crippen LogP) is 6.29. The lowest BCUT2D eigenvalue weighted by molar-refractivity contribution is 0.103. The Bertz CT molecular complexity index is 1410. The number of fused-ring (bicyclic) bond motifs is 1. The van der Waals surface area contributed by atoms with E-state index in [9.17, 15) is 4.79 Å². The molecule has 3 aromatic carbocycles. The van der Waals surface area contributed by atoms with Crippen LogP contribution < -0.4 is 10.1 Å². The fourth-order valence-corrected chi connectivity index (χ4v) is 4.55. The molecule has 0 aliphatic heterocycles. The van der Waals surface area contributed by atoms with Crippen molar-refractivity contribution < 1.29 is 9.53 Å². The summed E-state index contributed by atoms with van der Waals surface area (Å²) < 4.78 is 7.68. The molecule has 5 rings (SSSR count). The van der Waals surface area contributed by atoms with Gasteiger partial charge in [-0.1, -0.05) is 54.6 Å². The molecular formula is C27H23N3O2S. The molecule has 1 N–H and O–H groups in total. The molecule has 5 aromatic rings. The van der Waals surface area contributed by atoms with Crippen LogP contribution in [-0.2, 0) is 13.2 Å². The van der Waals surface area contributed by atoms with Gasteiger partial charge in [0.2, 0.25) is 0 Å². The molecule has 0 fully saturated rings. The van der Waals surface area contributed by atoms with Crippen LogP contribution >= 0.6 is 11.3 Å². The van der Waals surface area contributed by atoms with E-state index in [0.29, 0.717) is 23.7 Å². The van der Waals surface area contributed by atoms with Gasteiger partial charge in [-0.3, -0.25) is 9.48 Å². The molecule has 0 aliphatic carbocycles. The molecule has 33 heavy (non-hydrogen) atoms. The van der Waals surface area contributed by atoms with Crippen LogP contribution in [-0.4, -0.2) is 15.7 Å². The lowest BCUT2D eigenvalue weighted by Gasteiger charge is -2.06. The van der Waals surface area contributed by atoms with Crippen molar-refractivity contribution in [3.8, 4) is 5.75 Å². The highest BCUT2D eigenvalue weighted by atomic mass is 32.1. The maximum Gasteiger partial charge on any atom is 0.265 e. The quantitative estimate of drug-likeness (QED) is 0.315. The summed E-state index contributed by atoms with van der Waals surface area (Å²) in [6, 6.07) is 24.4. The van der Waals surface area contributed by atoms with Crippen molar-refractivity contribution in [2.24, 2.45) is 0 Å². The number of nitrogens with zero attached hydrogens (tertiary/aromatic N) is 2. The number of carbonyl (C=O) groups excluding carboxylic acids is 1. The topological polar surface area (TPSA) is 56.1 Å². The largest absolute Gasteiger partial charge is 0.489 e. The van der Waals surface area contributed by atoms with Gasteiger partial charge in [0.1, 0.15) is 12.4 Å². The predicted molar refractivity (Wildman–Crippen MR) is 133 cm³/mol. The van der Waals surface area contributed by atoms with Gasteiger partial charge in [0.15, 0.2) is 0 Å². The number of benzene rings is 3. The number of aromatic nitrogens is 2. The Morgan fingerprint density at radius 2 is 1.91 bits per heavy atom. The second-order valence-electron chi connectivity index (χ2n) is 7.94. The van der Waals surface area contributed by atoms with Crippen LogP contribution in [0.25, 0.3) is 10.8 Å². The zero-order valence-corrected chi connectivity index (χ0v) is 19.0. The third kappa shape index (κ3) is 4.96. The van der Waals surface area contributed by atoms with Crippen molar-refractivity contribution >= 4 is 33.7 Å². The average molecular weight is 454 g/mol. The van der Waals surface area contributed by atoms with E-state index in [4.69, 9.17) is 4.74 Å². The van der Waals surface area contributed by atoms with E-state index in [1.165, 1.54) is 27.7 Å². The number of rotatable bonds is 7. The minimum Gasteiger partial charge on any atom is -0.489 e. The zero-order valence-electron chi connectivity index (χ0n) is 18.2. The molecule has 0 bridgehead atoms. The lowest BCUT2D eigenvalue weighted by Crippen LogP contribution is -2.09. The summed E-state index contributed by atoms with van der Waals surface area (Å²) in [5.41, 5.74) is 3.98. The summed E-state index contributed by atoms with van der Waals surface area (Å²) in [7, 11) is 0. The number of thiophene rings is 1. The van der Waals surface area contributed by atoms with Crippen LogP contribution in [0.2, 0.25) is 0 Å². The van der Waals surface area contributed by atoms with Gasteiger partial charge in [0, 0.05) is 11.8 Å². The zero-order chi connectivity index (χ0) is 22.6. The molecule has 2 heterocycles. The van der Waals surface area contributed by atoms with Gasteiger partial charge in [-0.2, -0.15) is 5.10 Å². The third-order valence-electron chi connectivity index (χ3n) is 5.38. The van der Waals surface area contributed by atoms with Gasteiger partial charge < -0.3 is 10.1 Å². The van der Waals surface area contributed by atoms with Crippen LogP contribution in [0.4, 0.5) is 5.69 Å². The van der Waals surface area contributed by atoms with Crippen LogP contribution in [0.5, 0.6) is 5.75 Å². The van der Waals surface area contributed by atoms with Gasteiger partial charge >= 0.3 is 0 Å². The van der Waals surface area contributed by atoms with Gasteiger partial charge in [0.05, 0.1) is 23.3 Å². The van der Waals surface area contributed by atoms with Crippen molar-refractivity contribution in [3.63, 3.8) is 0 Å². The molecule has 0 aliphatic rings. The Kier molecular flexibility index (Phi) is 5.91. The van der Waals surface area contributed by atoms with E-state index in [1.54, 1.807) is 6.20 Å². The minimum atomic E-state index is -0.147. The molecule has 0 spiro atoms. The van der Waals surface area contributed by atoms with E-state index in [2.05, 4.69) is 40.7 Å². The van der Waals surface area contributed by atoms with Crippen LogP contribution in [0.3, 0.4) is 0 Å². The molecule has 164 valence electrons. The van der Waals surface area contributed by atoms with Crippen molar-refractivity contribution in [2.75, 3.05) is 5.32 Å². The summed E-state index contributed by atoms with van der Waals surface area (Å²) in [4.78, 5) is 13.3. The number of anilines is 1. The molecule has 0 saturated heterocycles. The number of ether oxygens (including phenoxy) is 1. The maximum absolute atomic E-state index is 12.7. The molecule has 0 unspecified atom stereocenters. The fourth-order valence-electron chi connectivity index (χ4n) is 3.75. The average Bonchev–Trinajstić information content (AvgIpc) is 3.48. The van der Waals surface area contributed by atoms with E-state index < -0.39 is 0 Å². The lowest BCUT2D eigenvalue weighted by atomic mass is 10.0. The highest BCUT2D eigenvalue weighted by molar-refractivity contribution is 7.12. The monoisotopic (exact) mass is 453 g/mol. The normalized spacial score (nSPS) is 10.9. The van der Waals surface area contributed by atoms with Crippen molar-refractivity contribution in [2.45, 2.75) is 20.1 Å². The van der Waals surface area contributed by atoms with Crippen LogP contribution in [0.15, 0.2) is 90.6 Å². The van der Waals surface area contributed by atoms with E-state index in [1.807, 2.05) is 65.6 Å². The molecule has 0 radical (unpaired) electrons. The first-order chi connectivity index (χ1) is 16.1. The van der Waals surface area contributed by atoms with Gasteiger partial charge in [-0.25, -0.2) is 0 Å². The Morgan fingerprint density at radius 1 is 1.06 bits per heavy atom. The summed E-state index contributed by atoms with van der Waals surface area (Å²) >= 11 is 1.41. The number of nitrogens with one attached hydrogen (secondary N) is 1. The second kappa shape index (κ2) is 9.30. The molecule has 5 nitrogen and oxygen atoms in total. The van der Waals surface area contributed by atoms with Crippen LogP contribution in [0, 0.1) is 6.92 Å². The number of aryl methyl sites for hydroxylation is 1. The Hall–Kier alpha value is -3.90. The smallest absolute Gasteiger partial charge is 0.265 e. The number of amides is 1. The van der Waals surface area contributed by atoms with Crippen molar-refractivity contribution in [1.82, 2.24) is 9.78 Å². The Balaban J connectivity index is 1.21. The molecule has 6 heteroatoms. The number of carbonyl (C=O) groups is 1. The first kappa shape index (κ1) is 21.0.